The Morgan fingerprint density at radius 1 is 1.07 bits per heavy atom. The number of halogens is 1. The molecule has 1 aromatic carbocycles. The monoisotopic (exact) mass is 517 g/mol. The van der Waals surface area contributed by atoms with Gasteiger partial charge in [0.2, 0.25) is 5.91 Å². The van der Waals surface area contributed by atoms with Crippen molar-refractivity contribution >= 4 is 41.8 Å². The number of hydrogen-bond acceptors (Lipinski definition) is 3. The normalized spacial score (nSPS) is 11.3. The van der Waals surface area contributed by atoms with Gasteiger partial charge in [0, 0.05) is 39.3 Å². The van der Waals surface area contributed by atoms with Crippen LogP contribution in [0.5, 0.6) is 0 Å². The minimum Gasteiger partial charge on any atom is -0.357 e. The summed E-state index contributed by atoms with van der Waals surface area (Å²) in [5.41, 5.74) is 1.20. The van der Waals surface area contributed by atoms with E-state index in [9.17, 15) is 9.59 Å². The van der Waals surface area contributed by atoms with Crippen molar-refractivity contribution in [2.24, 2.45) is 10.4 Å². The van der Waals surface area contributed by atoms with Crippen molar-refractivity contribution in [1.82, 2.24) is 20.9 Å². The first-order chi connectivity index (χ1) is 13.2. The molecule has 1 aromatic rings. The van der Waals surface area contributed by atoms with Crippen LogP contribution in [0, 0.1) is 5.41 Å². The fourth-order valence-electron chi connectivity index (χ4n) is 2.53. The van der Waals surface area contributed by atoms with Gasteiger partial charge in [0.05, 0.1) is 12.0 Å². The molecule has 164 valence electrons. The lowest BCUT2D eigenvalue weighted by Gasteiger charge is -2.22. The van der Waals surface area contributed by atoms with E-state index in [1.165, 1.54) is 0 Å². The summed E-state index contributed by atoms with van der Waals surface area (Å²) in [5.74, 6) is 0.676. The lowest BCUT2D eigenvalue weighted by Crippen LogP contribution is -2.42. The molecule has 0 aliphatic rings. The van der Waals surface area contributed by atoms with Gasteiger partial charge < -0.3 is 20.9 Å². The standard InChI is InChI=1S/C21H35N5O2.HI/c1-7-22-19(28)21(3,4)15-25-20(23-8-2)24-13-12-16-10-9-11-17(14-16)18(27)26(5)6;/h9-11,14H,7-8,12-13,15H2,1-6H3,(H,22,28)(H2,23,24,25);1H. The SMILES string of the molecule is CCNC(=O)C(C)(C)CN=C(NCC)NCCc1cccc(C(=O)N(C)C)c1.I. The van der Waals surface area contributed by atoms with Gasteiger partial charge in [-0.25, -0.2) is 0 Å². The van der Waals surface area contributed by atoms with Crippen molar-refractivity contribution in [3.8, 4) is 0 Å². The van der Waals surface area contributed by atoms with Crippen LogP contribution in [-0.4, -0.2) is 62.9 Å². The Morgan fingerprint density at radius 2 is 1.72 bits per heavy atom. The molecule has 0 radical (unpaired) electrons. The number of rotatable bonds is 9. The highest BCUT2D eigenvalue weighted by Crippen LogP contribution is 2.15. The number of guanidine groups is 1. The maximum absolute atomic E-state index is 12.1. The Morgan fingerprint density at radius 3 is 2.31 bits per heavy atom. The van der Waals surface area contributed by atoms with Gasteiger partial charge in [0.1, 0.15) is 0 Å². The summed E-state index contributed by atoms with van der Waals surface area (Å²) in [7, 11) is 3.50. The number of nitrogens with one attached hydrogen (secondary N) is 3. The van der Waals surface area contributed by atoms with Crippen molar-refractivity contribution in [2.75, 3.05) is 40.3 Å². The lowest BCUT2D eigenvalue weighted by atomic mass is 9.92. The van der Waals surface area contributed by atoms with Gasteiger partial charge in [-0.1, -0.05) is 12.1 Å². The number of amides is 2. The maximum Gasteiger partial charge on any atom is 0.253 e. The van der Waals surface area contributed by atoms with E-state index < -0.39 is 5.41 Å². The summed E-state index contributed by atoms with van der Waals surface area (Å²) in [5, 5.41) is 9.35. The second-order valence-corrected chi connectivity index (χ2v) is 7.52. The Labute approximate surface area is 192 Å². The quantitative estimate of drug-likeness (QED) is 0.267. The highest BCUT2D eigenvalue weighted by molar-refractivity contribution is 14.0. The van der Waals surface area contributed by atoms with E-state index in [2.05, 4.69) is 20.9 Å². The van der Waals surface area contributed by atoms with Gasteiger partial charge in [-0.3, -0.25) is 14.6 Å². The van der Waals surface area contributed by atoms with E-state index >= 15 is 0 Å². The van der Waals surface area contributed by atoms with Gasteiger partial charge in [0.25, 0.3) is 5.91 Å². The largest absolute Gasteiger partial charge is 0.357 e. The molecule has 0 saturated heterocycles. The van der Waals surface area contributed by atoms with Crippen LogP contribution >= 0.6 is 24.0 Å². The van der Waals surface area contributed by atoms with E-state index in [1.54, 1.807) is 19.0 Å². The highest BCUT2D eigenvalue weighted by atomic mass is 127. The first-order valence-electron chi connectivity index (χ1n) is 9.82. The zero-order valence-corrected chi connectivity index (χ0v) is 20.8. The van der Waals surface area contributed by atoms with Gasteiger partial charge in [-0.05, 0) is 51.8 Å². The average molecular weight is 517 g/mol. The molecule has 29 heavy (non-hydrogen) atoms. The Bertz CT molecular complexity index is 689. The third-order valence-corrected chi connectivity index (χ3v) is 4.21. The molecule has 8 heteroatoms. The summed E-state index contributed by atoms with van der Waals surface area (Å²) in [4.78, 5) is 30.3. The second-order valence-electron chi connectivity index (χ2n) is 7.52. The Balaban J connectivity index is 0.00000784. The molecule has 3 N–H and O–H groups in total. The Kier molecular flexibility index (Phi) is 12.5. The topological polar surface area (TPSA) is 85.8 Å². The lowest BCUT2D eigenvalue weighted by molar-refractivity contribution is -0.128. The molecule has 0 spiro atoms. The predicted octanol–water partition coefficient (Wildman–Crippen LogP) is 2.27. The minimum atomic E-state index is -0.570. The summed E-state index contributed by atoms with van der Waals surface area (Å²) in [6.07, 6.45) is 0.763. The Hall–Kier alpha value is -1.84. The van der Waals surface area contributed by atoms with E-state index in [4.69, 9.17) is 0 Å². The van der Waals surface area contributed by atoms with E-state index in [1.807, 2.05) is 52.0 Å². The van der Waals surface area contributed by atoms with E-state index in [-0.39, 0.29) is 35.8 Å². The zero-order chi connectivity index (χ0) is 21.2. The van der Waals surface area contributed by atoms with Gasteiger partial charge in [0.15, 0.2) is 5.96 Å². The number of benzene rings is 1. The molecule has 0 aromatic heterocycles. The van der Waals surface area contributed by atoms with Crippen molar-refractivity contribution in [3.63, 3.8) is 0 Å². The smallest absolute Gasteiger partial charge is 0.253 e. The van der Waals surface area contributed by atoms with Gasteiger partial charge >= 0.3 is 0 Å². The number of aliphatic imine (C=N–C) groups is 1. The van der Waals surface area contributed by atoms with Crippen LogP contribution in [-0.2, 0) is 11.2 Å². The molecular weight excluding hydrogens is 481 g/mol. The molecule has 0 unspecified atom stereocenters. The molecule has 0 fully saturated rings. The van der Waals surface area contributed by atoms with Crippen LogP contribution in [0.25, 0.3) is 0 Å². The molecule has 0 bridgehead atoms. The molecule has 0 aliphatic carbocycles. The molecule has 7 nitrogen and oxygen atoms in total. The molecular formula is C21H36IN5O2. The summed E-state index contributed by atoms with van der Waals surface area (Å²) in [6.45, 7) is 10.1. The zero-order valence-electron chi connectivity index (χ0n) is 18.5. The summed E-state index contributed by atoms with van der Waals surface area (Å²) < 4.78 is 0. The van der Waals surface area contributed by atoms with E-state index in [0.717, 1.165) is 18.5 Å². The van der Waals surface area contributed by atoms with Crippen LogP contribution in [0.3, 0.4) is 0 Å². The maximum atomic E-state index is 12.1. The third-order valence-electron chi connectivity index (χ3n) is 4.21. The number of carbonyl (C=O) groups excluding carboxylic acids is 2. The average Bonchev–Trinajstić information content (AvgIpc) is 2.66. The van der Waals surface area contributed by atoms with Crippen LogP contribution < -0.4 is 16.0 Å². The van der Waals surface area contributed by atoms with Crippen LogP contribution in [0.2, 0.25) is 0 Å². The minimum absolute atomic E-state index is 0. The number of carbonyl (C=O) groups is 2. The van der Waals surface area contributed by atoms with Crippen molar-refractivity contribution in [2.45, 2.75) is 34.1 Å². The fourth-order valence-corrected chi connectivity index (χ4v) is 2.53. The molecule has 0 saturated carbocycles. The summed E-state index contributed by atoms with van der Waals surface area (Å²) in [6, 6.07) is 7.66. The molecule has 0 aliphatic heterocycles. The van der Waals surface area contributed by atoms with Crippen LogP contribution in [0.1, 0.15) is 43.6 Å². The second kappa shape index (κ2) is 13.4. The van der Waals surface area contributed by atoms with E-state index in [0.29, 0.717) is 31.2 Å². The fraction of sp³-hybridized carbons (Fsp3) is 0.571. The highest BCUT2D eigenvalue weighted by Gasteiger charge is 2.26. The third kappa shape index (κ3) is 9.47. The molecule has 2 amide bonds. The molecule has 0 heterocycles. The van der Waals surface area contributed by atoms with Crippen LogP contribution in [0.15, 0.2) is 29.3 Å². The number of nitrogens with zero attached hydrogens (tertiary/aromatic N) is 2. The predicted molar refractivity (Wildman–Crippen MR) is 130 cm³/mol. The van der Waals surface area contributed by atoms with Crippen molar-refractivity contribution < 1.29 is 9.59 Å². The summed E-state index contributed by atoms with van der Waals surface area (Å²) >= 11 is 0. The van der Waals surface area contributed by atoms with Crippen LogP contribution in [0.4, 0.5) is 0 Å². The van der Waals surface area contributed by atoms with Gasteiger partial charge in [-0.15, -0.1) is 24.0 Å². The van der Waals surface area contributed by atoms with Crippen molar-refractivity contribution in [3.05, 3.63) is 35.4 Å². The molecule has 0 atom stereocenters. The van der Waals surface area contributed by atoms with Crippen molar-refractivity contribution in [1.29, 1.82) is 0 Å². The first-order valence-corrected chi connectivity index (χ1v) is 9.82. The molecule has 1 rings (SSSR count). The van der Waals surface area contributed by atoms with Gasteiger partial charge in [-0.2, -0.15) is 0 Å². The number of hydrogen-bond donors (Lipinski definition) is 3. The first kappa shape index (κ1) is 27.2.